The van der Waals surface area contributed by atoms with Crippen molar-refractivity contribution in [3.63, 3.8) is 0 Å². The van der Waals surface area contributed by atoms with E-state index in [0.717, 1.165) is 0 Å². The lowest BCUT2D eigenvalue weighted by Crippen LogP contribution is -2.28. The van der Waals surface area contributed by atoms with Crippen LogP contribution in [0.25, 0.3) is 0 Å². The van der Waals surface area contributed by atoms with Crippen LogP contribution in [0.15, 0.2) is 0 Å². The smallest absolute Gasteiger partial charge is 0.192 e. The second-order valence-corrected chi connectivity index (χ2v) is 1.97. The summed E-state index contributed by atoms with van der Waals surface area (Å²) in [4.78, 5) is 0. The fraction of sp³-hybridized carbons (Fsp3) is 1.00. The summed E-state index contributed by atoms with van der Waals surface area (Å²) in [6.45, 7) is 1.90. The molecule has 1 aliphatic heterocycles. The van der Waals surface area contributed by atoms with E-state index in [1.165, 1.54) is 0 Å². The molecule has 0 bridgehead atoms. The zero-order chi connectivity index (χ0) is 5.82. The number of rotatable bonds is 1. The Hall–Kier alpha value is 0.610. The minimum absolute atomic E-state index is 0.149. The molecule has 48 valence electrons. The van der Waals surface area contributed by atoms with E-state index in [9.17, 15) is 0 Å². The molecule has 1 saturated heterocycles. The molecule has 0 N–H and O–H groups in total. The molecule has 0 amide bonds. The van der Waals surface area contributed by atoms with Gasteiger partial charge in [-0.05, 0) is 0 Å². The lowest BCUT2D eigenvalue weighted by Gasteiger charge is -2.19. The molecule has 0 aliphatic carbocycles. The molecule has 1 atom stereocenters. The van der Waals surface area contributed by atoms with Gasteiger partial charge in [0.15, 0.2) is 6.29 Å². The highest BCUT2D eigenvalue weighted by Gasteiger charge is 2.12. The van der Waals surface area contributed by atoms with Crippen molar-refractivity contribution >= 4 is 23.0 Å². The number of hydrogen-bond acceptors (Lipinski definition) is 3. The molecular weight excluding hydrogens is 223 g/mol. The van der Waals surface area contributed by atoms with Crippen LogP contribution < -0.4 is 0 Å². The summed E-state index contributed by atoms with van der Waals surface area (Å²) in [5, 5.41) is 0. The van der Waals surface area contributed by atoms with Gasteiger partial charge in [0.25, 0.3) is 0 Å². The summed E-state index contributed by atoms with van der Waals surface area (Å²) in [6, 6.07) is 0. The normalized spacial score (nSPS) is 30.4. The Morgan fingerprint density at radius 2 is 2.38 bits per heavy atom. The monoisotopic (exact) mass is 230 g/mol. The fourth-order valence-electron chi connectivity index (χ4n) is 0.518. The summed E-state index contributed by atoms with van der Waals surface area (Å²) >= 11 is 1.80. The SMILES string of the molecule is IOC1COCCO1. The van der Waals surface area contributed by atoms with Crippen LogP contribution in [0.5, 0.6) is 0 Å². The Bertz CT molecular complexity index is 62.3. The average molecular weight is 230 g/mol. The maximum Gasteiger partial charge on any atom is 0.192 e. The molecule has 0 spiro atoms. The Balaban J connectivity index is 2.13. The van der Waals surface area contributed by atoms with Gasteiger partial charge in [0.1, 0.15) is 23.0 Å². The van der Waals surface area contributed by atoms with Gasteiger partial charge in [0.05, 0.1) is 19.8 Å². The van der Waals surface area contributed by atoms with Crippen LogP contribution >= 0.6 is 23.0 Å². The number of hydrogen-bond donors (Lipinski definition) is 0. The Morgan fingerprint density at radius 3 is 2.75 bits per heavy atom. The predicted octanol–water partition coefficient (Wildman–Crippen LogP) is 0.726. The lowest BCUT2D eigenvalue weighted by molar-refractivity contribution is -0.155. The van der Waals surface area contributed by atoms with Crippen molar-refractivity contribution in [3.05, 3.63) is 0 Å². The van der Waals surface area contributed by atoms with Crippen LogP contribution in [0.3, 0.4) is 0 Å². The molecule has 0 aromatic rings. The third-order valence-electron chi connectivity index (χ3n) is 0.885. The summed E-state index contributed by atoms with van der Waals surface area (Å²) in [6.07, 6.45) is -0.149. The number of halogens is 1. The van der Waals surface area contributed by atoms with Gasteiger partial charge in [-0.15, -0.1) is 0 Å². The maximum atomic E-state index is 5.07. The van der Waals surface area contributed by atoms with Crippen molar-refractivity contribution in [3.8, 4) is 0 Å². The summed E-state index contributed by atoms with van der Waals surface area (Å²) in [5.41, 5.74) is 0. The van der Waals surface area contributed by atoms with Crippen LogP contribution in [0.4, 0.5) is 0 Å². The Kier molecular flexibility index (Phi) is 3.03. The maximum absolute atomic E-state index is 5.07. The van der Waals surface area contributed by atoms with Crippen LogP contribution in [0.1, 0.15) is 0 Å². The van der Waals surface area contributed by atoms with Gasteiger partial charge in [-0.3, -0.25) is 3.07 Å². The second-order valence-electron chi connectivity index (χ2n) is 1.46. The van der Waals surface area contributed by atoms with Gasteiger partial charge in [-0.25, -0.2) is 0 Å². The van der Waals surface area contributed by atoms with Crippen LogP contribution in [0, 0.1) is 0 Å². The highest BCUT2D eigenvalue weighted by molar-refractivity contribution is 14.1. The van der Waals surface area contributed by atoms with Crippen LogP contribution in [0.2, 0.25) is 0 Å². The molecule has 4 heteroatoms. The second kappa shape index (κ2) is 3.60. The van der Waals surface area contributed by atoms with E-state index < -0.39 is 0 Å². The Morgan fingerprint density at radius 1 is 1.50 bits per heavy atom. The molecule has 1 rings (SSSR count). The third kappa shape index (κ3) is 1.85. The van der Waals surface area contributed by atoms with E-state index in [-0.39, 0.29) is 6.29 Å². The van der Waals surface area contributed by atoms with E-state index in [4.69, 9.17) is 12.5 Å². The molecule has 1 unspecified atom stereocenters. The highest BCUT2D eigenvalue weighted by Crippen LogP contribution is 2.04. The first-order valence-electron chi connectivity index (χ1n) is 2.40. The molecule has 1 heterocycles. The summed E-state index contributed by atoms with van der Waals surface area (Å²) in [5.74, 6) is 0. The van der Waals surface area contributed by atoms with E-state index in [1.807, 2.05) is 0 Å². The average Bonchev–Trinajstić information content (AvgIpc) is 1.90. The Labute approximate surface area is 62.0 Å². The van der Waals surface area contributed by atoms with Gasteiger partial charge in [0, 0.05) is 0 Å². The van der Waals surface area contributed by atoms with Gasteiger partial charge in [-0.2, -0.15) is 0 Å². The highest BCUT2D eigenvalue weighted by atomic mass is 127. The topological polar surface area (TPSA) is 27.7 Å². The first kappa shape index (κ1) is 6.73. The van der Waals surface area contributed by atoms with E-state index in [0.29, 0.717) is 19.8 Å². The van der Waals surface area contributed by atoms with Crippen molar-refractivity contribution in [1.29, 1.82) is 0 Å². The van der Waals surface area contributed by atoms with Gasteiger partial charge < -0.3 is 9.47 Å². The first-order chi connectivity index (χ1) is 3.93. The first-order valence-corrected chi connectivity index (χ1v) is 3.28. The molecule has 8 heavy (non-hydrogen) atoms. The molecule has 0 aromatic carbocycles. The fourth-order valence-corrected chi connectivity index (χ4v) is 0.811. The summed E-state index contributed by atoms with van der Waals surface area (Å²) in [7, 11) is 0. The summed E-state index contributed by atoms with van der Waals surface area (Å²) < 4.78 is 14.9. The van der Waals surface area contributed by atoms with Crippen molar-refractivity contribution in [1.82, 2.24) is 0 Å². The zero-order valence-corrected chi connectivity index (χ0v) is 6.46. The van der Waals surface area contributed by atoms with Crippen molar-refractivity contribution in [2.24, 2.45) is 0 Å². The van der Waals surface area contributed by atoms with Gasteiger partial charge >= 0.3 is 0 Å². The minimum atomic E-state index is -0.149. The molecule has 0 saturated carbocycles. The van der Waals surface area contributed by atoms with Gasteiger partial charge in [0.2, 0.25) is 0 Å². The predicted molar refractivity (Wildman–Crippen MR) is 35.7 cm³/mol. The van der Waals surface area contributed by atoms with Crippen molar-refractivity contribution in [2.45, 2.75) is 6.29 Å². The standard InChI is InChI=1S/C4H7IO3/c5-8-4-3-6-1-2-7-4/h4H,1-3H2. The van der Waals surface area contributed by atoms with E-state index >= 15 is 0 Å². The lowest BCUT2D eigenvalue weighted by atomic mass is 10.6. The molecule has 0 aromatic heterocycles. The largest absolute Gasteiger partial charge is 0.374 e. The van der Waals surface area contributed by atoms with Crippen LogP contribution in [-0.2, 0) is 12.5 Å². The van der Waals surface area contributed by atoms with Crippen molar-refractivity contribution in [2.75, 3.05) is 19.8 Å². The van der Waals surface area contributed by atoms with E-state index in [2.05, 4.69) is 0 Å². The van der Waals surface area contributed by atoms with Crippen LogP contribution in [-0.4, -0.2) is 26.1 Å². The quantitative estimate of drug-likeness (QED) is 0.621. The molecule has 1 aliphatic rings. The third-order valence-corrected chi connectivity index (χ3v) is 1.45. The molecule has 0 radical (unpaired) electrons. The van der Waals surface area contributed by atoms with Gasteiger partial charge in [-0.1, -0.05) is 0 Å². The minimum Gasteiger partial charge on any atom is -0.374 e. The van der Waals surface area contributed by atoms with Crippen molar-refractivity contribution < 1.29 is 12.5 Å². The zero-order valence-electron chi connectivity index (χ0n) is 4.30. The molecule has 1 fully saturated rings. The molecular formula is C4H7IO3. The molecule has 3 nitrogen and oxygen atoms in total. The number of ether oxygens (including phenoxy) is 2. The van der Waals surface area contributed by atoms with E-state index in [1.54, 1.807) is 23.0 Å².